The summed E-state index contributed by atoms with van der Waals surface area (Å²) in [4.78, 5) is 14.7. The number of morpholine rings is 1. The molecule has 0 aliphatic carbocycles. The minimum atomic E-state index is -0.168. The van der Waals surface area contributed by atoms with Crippen LogP contribution in [0, 0.1) is 0 Å². The van der Waals surface area contributed by atoms with E-state index in [2.05, 4.69) is 15.3 Å². The monoisotopic (exact) mass is 343 g/mol. The Balaban J connectivity index is 1.46. The van der Waals surface area contributed by atoms with Gasteiger partial charge in [-0.1, -0.05) is 30.3 Å². The number of nitrogen functional groups attached to an aromatic ring is 1. The minimum Gasteiger partial charge on any atom is -0.382 e. The molecule has 1 aliphatic rings. The van der Waals surface area contributed by atoms with Crippen LogP contribution in [0.4, 0.5) is 5.82 Å². The Bertz CT molecular complexity index is 680. The van der Waals surface area contributed by atoms with Gasteiger partial charge in [0.05, 0.1) is 19.8 Å². The molecule has 2 aromatic rings. The molecular formula is C18H25N5O2. The fraction of sp³-hybridized carbons (Fsp3) is 0.444. The van der Waals surface area contributed by atoms with Crippen molar-refractivity contribution in [1.82, 2.24) is 20.0 Å². The lowest BCUT2D eigenvalue weighted by Crippen LogP contribution is -2.38. The normalized spacial score (nSPS) is 15.2. The van der Waals surface area contributed by atoms with Crippen LogP contribution in [0.1, 0.15) is 22.3 Å². The third kappa shape index (κ3) is 5.04. The second-order valence-corrected chi connectivity index (χ2v) is 6.17. The minimum absolute atomic E-state index is 0.168. The summed E-state index contributed by atoms with van der Waals surface area (Å²) in [6.45, 7) is 5.70. The van der Waals surface area contributed by atoms with Gasteiger partial charge in [0.2, 0.25) is 0 Å². The summed E-state index contributed by atoms with van der Waals surface area (Å²) in [5, 5.41) is 7.17. The molecule has 3 N–H and O–H groups in total. The Morgan fingerprint density at radius 2 is 2.00 bits per heavy atom. The van der Waals surface area contributed by atoms with Gasteiger partial charge in [0.25, 0.3) is 5.91 Å². The topological polar surface area (TPSA) is 85.4 Å². The molecule has 2 heterocycles. The van der Waals surface area contributed by atoms with Gasteiger partial charge < -0.3 is 15.8 Å². The maximum Gasteiger partial charge on any atom is 0.256 e. The predicted octanol–water partition coefficient (Wildman–Crippen LogP) is 0.966. The van der Waals surface area contributed by atoms with Crippen molar-refractivity contribution in [2.45, 2.75) is 13.0 Å². The highest BCUT2D eigenvalue weighted by Crippen LogP contribution is 2.11. The number of benzene rings is 1. The molecular weight excluding hydrogens is 318 g/mol. The molecule has 1 aromatic carbocycles. The maximum atomic E-state index is 12.3. The van der Waals surface area contributed by atoms with E-state index in [-0.39, 0.29) is 11.7 Å². The molecule has 0 radical (unpaired) electrons. The number of nitrogens with zero attached hydrogens (tertiary/aromatic N) is 3. The lowest BCUT2D eigenvalue weighted by Gasteiger charge is -2.26. The van der Waals surface area contributed by atoms with Gasteiger partial charge in [-0.3, -0.25) is 14.4 Å². The lowest BCUT2D eigenvalue weighted by atomic mass is 10.2. The number of nitrogens with one attached hydrogen (secondary N) is 1. The maximum absolute atomic E-state index is 12.3. The number of carbonyl (C=O) groups excluding carboxylic acids is 1. The van der Waals surface area contributed by atoms with E-state index >= 15 is 0 Å². The zero-order valence-corrected chi connectivity index (χ0v) is 14.4. The first kappa shape index (κ1) is 17.4. The fourth-order valence-corrected chi connectivity index (χ4v) is 2.89. The van der Waals surface area contributed by atoms with E-state index in [4.69, 9.17) is 10.5 Å². The second-order valence-electron chi connectivity index (χ2n) is 6.17. The summed E-state index contributed by atoms with van der Waals surface area (Å²) in [6.07, 6.45) is 2.61. The third-order valence-corrected chi connectivity index (χ3v) is 4.26. The average molecular weight is 343 g/mol. The largest absolute Gasteiger partial charge is 0.382 e. The number of amides is 1. The third-order valence-electron chi connectivity index (χ3n) is 4.26. The van der Waals surface area contributed by atoms with Crippen LogP contribution in [0.3, 0.4) is 0 Å². The summed E-state index contributed by atoms with van der Waals surface area (Å²) in [7, 11) is 0. The Kier molecular flexibility index (Phi) is 6.03. The van der Waals surface area contributed by atoms with Gasteiger partial charge >= 0.3 is 0 Å². The molecule has 0 spiro atoms. The molecule has 25 heavy (non-hydrogen) atoms. The zero-order chi connectivity index (χ0) is 17.5. The Morgan fingerprint density at radius 3 is 2.76 bits per heavy atom. The predicted molar refractivity (Wildman–Crippen MR) is 96.4 cm³/mol. The molecule has 1 amide bonds. The molecule has 0 saturated carbocycles. The zero-order valence-electron chi connectivity index (χ0n) is 14.4. The van der Waals surface area contributed by atoms with Crippen LogP contribution in [0.25, 0.3) is 0 Å². The average Bonchev–Trinajstić information content (AvgIpc) is 3.00. The van der Waals surface area contributed by atoms with Crippen LogP contribution in [0.2, 0.25) is 0 Å². The van der Waals surface area contributed by atoms with Gasteiger partial charge in [0.1, 0.15) is 5.56 Å². The highest BCUT2D eigenvalue weighted by Gasteiger charge is 2.14. The van der Waals surface area contributed by atoms with E-state index in [0.717, 1.165) is 44.8 Å². The summed E-state index contributed by atoms with van der Waals surface area (Å²) in [6, 6.07) is 9.96. The van der Waals surface area contributed by atoms with Gasteiger partial charge in [-0.25, -0.2) is 0 Å². The summed E-state index contributed by atoms with van der Waals surface area (Å²) in [5.41, 5.74) is 7.45. The van der Waals surface area contributed by atoms with Crippen LogP contribution >= 0.6 is 0 Å². The van der Waals surface area contributed by atoms with Crippen molar-refractivity contribution in [3.05, 3.63) is 47.7 Å². The van der Waals surface area contributed by atoms with Crippen molar-refractivity contribution < 1.29 is 9.53 Å². The summed E-state index contributed by atoms with van der Waals surface area (Å²) in [5.74, 6) is 0.0976. The summed E-state index contributed by atoms with van der Waals surface area (Å²) < 4.78 is 7.03. The van der Waals surface area contributed by atoms with E-state index in [0.29, 0.717) is 18.7 Å². The van der Waals surface area contributed by atoms with E-state index in [9.17, 15) is 4.79 Å². The van der Waals surface area contributed by atoms with Crippen molar-refractivity contribution in [3.63, 3.8) is 0 Å². The lowest BCUT2D eigenvalue weighted by molar-refractivity contribution is 0.0374. The van der Waals surface area contributed by atoms with E-state index in [1.165, 1.54) is 0 Å². The van der Waals surface area contributed by atoms with E-state index in [1.807, 2.05) is 30.3 Å². The van der Waals surface area contributed by atoms with Gasteiger partial charge in [-0.15, -0.1) is 0 Å². The number of anilines is 1. The van der Waals surface area contributed by atoms with Crippen molar-refractivity contribution in [1.29, 1.82) is 0 Å². The van der Waals surface area contributed by atoms with Crippen molar-refractivity contribution in [2.75, 3.05) is 45.1 Å². The fourth-order valence-electron chi connectivity index (χ4n) is 2.89. The van der Waals surface area contributed by atoms with Crippen LogP contribution in [0.5, 0.6) is 0 Å². The van der Waals surface area contributed by atoms with Crippen LogP contribution < -0.4 is 11.1 Å². The van der Waals surface area contributed by atoms with Gasteiger partial charge in [0.15, 0.2) is 5.82 Å². The van der Waals surface area contributed by atoms with Gasteiger partial charge in [0, 0.05) is 25.8 Å². The number of hydrogen-bond acceptors (Lipinski definition) is 5. The first-order chi connectivity index (χ1) is 12.2. The molecule has 7 nitrogen and oxygen atoms in total. The molecule has 7 heteroatoms. The SMILES string of the molecule is Nc1nn(Cc2ccccc2)cc1C(=O)NCCCN1CCOCC1. The number of rotatable bonds is 7. The first-order valence-corrected chi connectivity index (χ1v) is 8.67. The van der Waals surface area contributed by atoms with Crippen molar-refractivity contribution in [3.8, 4) is 0 Å². The van der Waals surface area contributed by atoms with Crippen molar-refractivity contribution in [2.24, 2.45) is 0 Å². The Morgan fingerprint density at radius 1 is 1.24 bits per heavy atom. The standard InChI is InChI=1S/C18H25N5O2/c19-17-16(14-23(21-17)13-15-5-2-1-3-6-15)18(24)20-7-4-8-22-9-11-25-12-10-22/h1-3,5-6,14H,4,7-13H2,(H2,19,21)(H,20,24). The molecule has 1 aliphatic heterocycles. The highest BCUT2D eigenvalue weighted by molar-refractivity contribution is 5.98. The van der Waals surface area contributed by atoms with E-state index in [1.54, 1.807) is 10.9 Å². The number of hydrogen-bond donors (Lipinski definition) is 2. The number of carbonyl (C=O) groups is 1. The molecule has 1 saturated heterocycles. The Labute approximate surface area is 147 Å². The van der Waals surface area contributed by atoms with Gasteiger partial charge in [-0.2, -0.15) is 5.10 Å². The number of ether oxygens (including phenoxy) is 1. The quantitative estimate of drug-likeness (QED) is 0.732. The first-order valence-electron chi connectivity index (χ1n) is 8.67. The van der Waals surface area contributed by atoms with Crippen LogP contribution in [-0.2, 0) is 11.3 Å². The summed E-state index contributed by atoms with van der Waals surface area (Å²) >= 11 is 0. The smallest absolute Gasteiger partial charge is 0.256 e. The Hall–Kier alpha value is -2.38. The van der Waals surface area contributed by atoms with Gasteiger partial charge in [-0.05, 0) is 18.5 Å². The number of aromatic nitrogens is 2. The molecule has 0 atom stereocenters. The highest BCUT2D eigenvalue weighted by atomic mass is 16.5. The number of nitrogens with two attached hydrogens (primary N) is 1. The molecule has 1 fully saturated rings. The molecule has 0 unspecified atom stereocenters. The van der Waals surface area contributed by atoms with Crippen LogP contribution in [0.15, 0.2) is 36.5 Å². The second kappa shape index (κ2) is 8.64. The van der Waals surface area contributed by atoms with Crippen molar-refractivity contribution >= 4 is 11.7 Å². The van der Waals surface area contributed by atoms with Crippen LogP contribution in [-0.4, -0.2) is 60.0 Å². The molecule has 3 rings (SSSR count). The van der Waals surface area contributed by atoms with E-state index < -0.39 is 0 Å². The molecule has 134 valence electrons. The molecule has 0 bridgehead atoms. The molecule has 1 aromatic heterocycles.